The second-order valence-electron chi connectivity index (χ2n) is 8.72. The Hall–Kier alpha value is -4.15. The van der Waals surface area contributed by atoms with E-state index in [0.29, 0.717) is 6.42 Å². The van der Waals surface area contributed by atoms with Crippen LogP contribution in [0.3, 0.4) is 0 Å². The first kappa shape index (κ1) is 23.6. The van der Waals surface area contributed by atoms with Gasteiger partial charge in [-0.2, -0.15) is 17.9 Å². The number of hydrogen-bond acceptors (Lipinski definition) is 6. The average molecular weight is 493 g/mol. The van der Waals surface area contributed by atoms with Gasteiger partial charge in [-0.3, -0.25) is 9.78 Å². The van der Waals surface area contributed by atoms with E-state index in [4.69, 9.17) is 0 Å². The van der Waals surface area contributed by atoms with Crippen molar-refractivity contribution in [3.8, 4) is 5.95 Å². The van der Waals surface area contributed by atoms with Crippen LogP contribution in [-0.4, -0.2) is 35.6 Å². The van der Waals surface area contributed by atoms with Crippen molar-refractivity contribution in [2.24, 2.45) is 5.92 Å². The zero-order chi connectivity index (χ0) is 25.3. The fraction of sp³-hybridized carbons (Fsp3) is 0.280. The average Bonchev–Trinajstić information content (AvgIpc) is 3.55. The predicted octanol–water partition coefficient (Wildman–Crippen LogP) is 4.83. The molecular formula is C25H22F3N7O. The SMILES string of the molecule is CC(c1ncn(-c2ncccn2)n1)c1c(NC(=O)c2cccnc2)ccc(CC2CC2)c1C(F)(F)F. The number of rotatable bonds is 7. The van der Waals surface area contributed by atoms with E-state index >= 15 is 0 Å². The maximum absolute atomic E-state index is 14.6. The number of benzene rings is 1. The van der Waals surface area contributed by atoms with Crippen molar-refractivity contribution in [2.45, 2.75) is 38.3 Å². The number of carbonyl (C=O) groups excluding carboxylic acids is 1. The molecule has 0 aliphatic heterocycles. The third-order valence-electron chi connectivity index (χ3n) is 6.08. The molecule has 4 aromatic rings. The molecule has 36 heavy (non-hydrogen) atoms. The van der Waals surface area contributed by atoms with Crippen LogP contribution in [0.5, 0.6) is 0 Å². The molecule has 1 fully saturated rings. The lowest BCUT2D eigenvalue weighted by atomic mass is 9.87. The summed E-state index contributed by atoms with van der Waals surface area (Å²) in [5, 5.41) is 7.01. The second-order valence-corrected chi connectivity index (χ2v) is 8.72. The molecule has 1 atom stereocenters. The molecule has 1 amide bonds. The Morgan fingerprint density at radius 2 is 1.89 bits per heavy atom. The van der Waals surface area contributed by atoms with E-state index in [1.54, 1.807) is 25.1 Å². The summed E-state index contributed by atoms with van der Waals surface area (Å²) in [6, 6.07) is 7.76. The smallest absolute Gasteiger partial charge is 0.322 e. The predicted molar refractivity (Wildman–Crippen MR) is 125 cm³/mol. The van der Waals surface area contributed by atoms with Crippen LogP contribution in [-0.2, 0) is 12.6 Å². The van der Waals surface area contributed by atoms with Crippen molar-refractivity contribution < 1.29 is 18.0 Å². The van der Waals surface area contributed by atoms with Crippen LogP contribution in [0.15, 0.2) is 61.4 Å². The van der Waals surface area contributed by atoms with Crippen molar-refractivity contribution in [3.63, 3.8) is 0 Å². The molecule has 0 saturated heterocycles. The molecule has 1 aliphatic rings. The van der Waals surface area contributed by atoms with E-state index in [-0.39, 0.29) is 40.1 Å². The fourth-order valence-electron chi connectivity index (χ4n) is 4.16. The fourth-order valence-corrected chi connectivity index (χ4v) is 4.16. The number of carbonyl (C=O) groups is 1. The van der Waals surface area contributed by atoms with E-state index in [1.807, 2.05) is 0 Å². The molecule has 0 radical (unpaired) electrons. The Labute approximate surface area is 204 Å². The number of alkyl halides is 3. The van der Waals surface area contributed by atoms with Gasteiger partial charge in [0.05, 0.1) is 11.1 Å². The number of pyridine rings is 1. The first-order valence-corrected chi connectivity index (χ1v) is 11.4. The van der Waals surface area contributed by atoms with Crippen LogP contribution in [0.2, 0.25) is 0 Å². The van der Waals surface area contributed by atoms with Crippen LogP contribution in [0.25, 0.3) is 5.95 Å². The Balaban J connectivity index is 1.60. The summed E-state index contributed by atoms with van der Waals surface area (Å²) in [4.78, 5) is 29.2. The Morgan fingerprint density at radius 3 is 2.56 bits per heavy atom. The third-order valence-corrected chi connectivity index (χ3v) is 6.08. The zero-order valence-corrected chi connectivity index (χ0v) is 19.3. The van der Waals surface area contributed by atoms with Crippen LogP contribution >= 0.6 is 0 Å². The largest absolute Gasteiger partial charge is 0.417 e. The molecule has 0 spiro atoms. The highest BCUT2D eigenvalue weighted by Gasteiger charge is 2.40. The van der Waals surface area contributed by atoms with E-state index < -0.39 is 23.6 Å². The zero-order valence-electron chi connectivity index (χ0n) is 19.3. The van der Waals surface area contributed by atoms with Crippen molar-refractivity contribution in [1.82, 2.24) is 29.7 Å². The molecule has 11 heteroatoms. The minimum absolute atomic E-state index is 0.0514. The monoisotopic (exact) mass is 493 g/mol. The van der Waals surface area contributed by atoms with Gasteiger partial charge in [-0.25, -0.2) is 15.0 Å². The molecule has 1 aliphatic carbocycles. The van der Waals surface area contributed by atoms with Crippen molar-refractivity contribution in [2.75, 3.05) is 5.32 Å². The Kier molecular flexibility index (Phi) is 6.21. The quantitative estimate of drug-likeness (QED) is 0.396. The number of nitrogens with zero attached hydrogens (tertiary/aromatic N) is 6. The number of anilines is 1. The van der Waals surface area contributed by atoms with E-state index in [1.165, 1.54) is 47.9 Å². The Morgan fingerprint density at radius 1 is 1.11 bits per heavy atom. The highest BCUT2D eigenvalue weighted by molar-refractivity contribution is 6.04. The maximum atomic E-state index is 14.6. The Bertz CT molecular complexity index is 1370. The molecule has 1 unspecified atom stereocenters. The molecule has 1 saturated carbocycles. The number of aromatic nitrogens is 6. The van der Waals surface area contributed by atoms with Crippen LogP contribution in [0.4, 0.5) is 18.9 Å². The van der Waals surface area contributed by atoms with Gasteiger partial charge in [-0.05, 0) is 60.6 Å². The molecular weight excluding hydrogens is 471 g/mol. The van der Waals surface area contributed by atoms with Gasteiger partial charge >= 0.3 is 6.18 Å². The van der Waals surface area contributed by atoms with Gasteiger partial charge in [-0.15, -0.1) is 5.10 Å². The summed E-state index contributed by atoms with van der Waals surface area (Å²) in [5.41, 5.74) is -0.342. The first-order valence-electron chi connectivity index (χ1n) is 11.4. The lowest BCUT2D eigenvalue weighted by molar-refractivity contribution is -0.138. The highest BCUT2D eigenvalue weighted by atomic mass is 19.4. The third kappa shape index (κ3) is 4.95. The van der Waals surface area contributed by atoms with E-state index in [2.05, 4.69) is 30.4 Å². The molecule has 5 rings (SSSR count). The van der Waals surface area contributed by atoms with Crippen LogP contribution in [0, 0.1) is 5.92 Å². The minimum atomic E-state index is -4.64. The number of nitrogens with one attached hydrogen (secondary N) is 1. The van der Waals surface area contributed by atoms with Crippen LogP contribution < -0.4 is 5.32 Å². The summed E-state index contributed by atoms with van der Waals surface area (Å²) < 4.78 is 45.0. The van der Waals surface area contributed by atoms with Gasteiger partial charge in [0.25, 0.3) is 11.9 Å². The second kappa shape index (κ2) is 9.48. The lowest BCUT2D eigenvalue weighted by Crippen LogP contribution is -2.21. The number of hydrogen-bond donors (Lipinski definition) is 1. The summed E-state index contributed by atoms with van der Waals surface area (Å²) in [6.07, 6.45) is 4.78. The first-order chi connectivity index (χ1) is 17.3. The topological polar surface area (TPSA) is 98.5 Å². The lowest BCUT2D eigenvalue weighted by Gasteiger charge is -2.24. The molecule has 1 aromatic carbocycles. The molecule has 8 nitrogen and oxygen atoms in total. The summed E-state index contributed by atoms with van der Waals surface area (Å²) >= 11 is 0. The summed E-state index contributed by atoms with van der Waals surface area (Å²) in [5.74, 6) is -0.830. The van der Waals surface area contributed by atoms with Gasteiger partial charge in [-0.1, -0.05) is 13.0 Å². The number of amides is 1. The highest BCUT2D eigenvalue weighted by Crippen LogP contribution is 2.45. The maximum Gasteiger partial charge on any atom is 0.417 e. The van der Waals surface area contributed by atoms with Gasteiger partial charge in [0, 0.05) is 36.4 Å². The number of halogens is 3. The van der Waals surface area contributed by atoms with Crippen molar-refractivity contribution >= 4 is 11.6 Å². The normalized spacial score (nSPS) is 14.4. The molecule has 1 N–H and O–H groups in total. The van der Waals surface area contributed by atoms with Crippen LogP contribution in [0.1, 0.15) is 58.6 Å². The molecule has 184 valence electrons. The van der Waals surface area contributed by atoms with E-state index in [0.717, 1.165) is 12.8 Å². The standard InChI is InChI=1S/C25H22F3N7O/c1-15(22-32-14-35(34-22)24-30-10-3-11-31-24)20-19(33-23(36)18-4-2-9-29-13-18)8-7-17(12-16-5-6-16)21(20)25(26,27)28/h2-4,7-11,13-16H,5-6,12H2,1H3,(H,33,36). The van der Waals surface area contributed by atoms with Gasteiger partial charge in [0.15, 0.2) is 5.82 Å². The molecule has 0 bridgehead atoms. The minimum Gasteiger partial charge on any atom is -0.322 e. The van der Waals surface area contributed by atoms with Gasteiger partial charge < -0.3 is 5.32 Å². The summed E-state index contributed by atoms with van der Waals surface area (Å²) in [6.45, 7) is 1.59. The van der Waals surface area contributed by atoms with E-state index in [9.17, 15) is 18.0 Å². The van der Waals surface area contributed by atoms with Crippen molar-refractivity contribution in [1.29, 1.82) is 0 Å². The van der Waals surface area contributed by atoms with Crippen molar-refractivity contribution in [3.05, 3.63) is 89.5 Å². The molecule has 3 heterocycles. The summed E-state index contributed by atoms with van der Waals surface area (Å²) in [7, 11) is 0. The molecule has 3 aromatic heterocycles. The van der Waals surface area contributed by atoms with Gasteiger partial charge in [0.1, 0.15) is 6.33 Å². The van der Waals surface area contributed by atoms with Gasteiger partial charge in [0.2, 0.25) is 0 Å².